The van der Waals surface area contributed by atoms with Gasteiger partial charge in [0, 0.05) is 24.9 Å². The monoisotopic (exact) mass is 412 g/mol. The number of carbonyl (C=O) groups excluding carboxylic acids is 2. The van der Waals surface area contributed by atoms with E-state index in [0.29, 0.717) is 12.1 Å². The number of aliphatic imine (C=N–C) groups is 1. The van der Waals surface area contributed by atoms with E-state index in [-0.39, 0.29) is 25.3 Å². The molecule has 11 N–H and O–H groups in total. The second-order valence-electron chi connectivity index (χ2n) is 6.46. The van der Waals surface area contributed by atoms with Crippen molar-refractivity contribution in [3.05, 3.63) is 18.2 Å². The number of aromatic nitrogens is 2. The van der Waals surface area contributed by atoms with Gasteiger partial charge in [0.2, 0.25) is 11.8 Å². The molecular formula is C16H28N8O5. The molecule has 0 bridgehead atoms. The number of nitrogens with zero attached hydrogens (tertiary/aromatic N) is 2. The molecule has 0 aliphatic heterocycles. The van der Waals surface area contributed by atoms with Crippen LogP contribution >= 0.6 is 0 Å². The van der Waals surface area contributed by atoms with Crippen molar-refractivity contribution in [3.63, 3.8) is 0 Å². The lowest BCUT2D eigenvalue weighted by Crippen LogP contribution is -2.56. The highest BCUT2D eigenvalue weighted by molar-refractivity contribution is 5.92. The number of carboxylic acids is 1. The van der Waals surface area contributed by atoms with Crippen molar-refractivity contribution in [3.8, 4) is 0 Å². The van der Waals surface area contributed by atoms with E-state index in [9.17, 15) is 24.6 Å². The molecule has 0 aliphatic carbocycles. The van der Waals surface area contributed by atoms with Gasteiger partial charge >= 0.3 is 5.97 Å². The first kappa shape index (κ1) is 23.8. The molecule has 13 nitrogen and oxygen atoms in total. The number of aliphatic hydroxyl groups excluding tert-OH is 1. The van der Waals surface area contributed by atoms with Gasteiger partial charge in [-0.15, -0.1) is 0 Å². The van der Waals surface area contributed by atoms with E-state index in [1.807, 2.05) is 0 Å². The van der Waals surface area contributed by atoms with Crippen molar-refractivity contribution >= 4 is 23.7 Å². The first-order valence-corrected chi connectivity index (χ1v) is 8.91. The van der Waals surface area contributed by atoms with Crippen LogP contribution in [0.15, 0.2) is 17.5 Å². The number of nitrogens with one attached hydrogen (secondary N) is 3. The number of aromatic amines is 1. The lowest BCUT2D eigenvalue weighted by atomic mass is 10.1. The normalized spacial score (nSPS) is 14.9. The molecule has 1 aromatic heterocycles. The van der Waals surface area contributed by atoms with Crippen molar-refractivity contribution < 1.29 is 24.6 Å². The third-order valence-corrected chi connectivity index (χ3v) is 3.99. The summed E-state index contributed by atoms with van der Waals surface area (Å²) in [5.74, 6) is -2.83. The Labute approximate surface area is 167 Å². The predicted octanol–water partition coefficient (Wildman–Crippen LogP) is -3.23. The Hall–Kier alpha value is -3.19. The number of carbonyl (C=O) groups is 3. The Morgan fingerprint density at radius 1 is 1.24 bits per heavy atom. The fraction of sp³-hybridized carbons (Fsp3) is 0.562. The average Bonchev–Trinajstić information content (AvgIpc) is 3.15. The lowest BCUT2D eigenvalue weighted by Gasteiger charge is -2.23. The number of hydrogen-bond acceptors (Lipinski definition) is 7. The van der Waals surface area contributed by atoms with Crippen LogP contribution in [0.4, 0.5) is 0 Å². The van der Waals surface area contributed by atoms with Gasteiger partial charge < -0.3 is 43.0 Å². The van der Waals surface area contributed by atoms with E-state index in [1.165, 1.54) is 19.4 Å². The van der Waals surface area contributed by atoms with Crippen LogP contribution in [0, 0.1) is 0 Å². The second-order valence-corrected chi connectivity index (χ2v) is 6.46. The van der Waals surface area contributed by atoms with Crippen LogP contribution in [0.5, 0.6) is 0 Å². The van der Waals surface area contributed by atoms with Crippen LogP contribution in [0.3, 0.4) is 0 Å². The Balaban J connectivity index is 2.83. The van der Waals surface area contributed by atoms with Gasteiger partial charge in [0.1, 0.15) is 18.1 Å². The molecule has 0 saturated carbocycles. The predicted molar refractivity (Wildman–Crippen MR) is 103 cm³/mol. The molecule has 0 radical (unpaired) electrons. The molecule has 0 aliphatic rings. The molecule has 0 saturated heterocycles. The Bertz CT molecular complexity index is 702. The largest absolute Gasteiger partial charge is 0.480 e. The van der Waals surface area contributed by atoms with Gasteiger partial charge in [-0.3, -0.25) is 14.6 Å². The van der Waals surface area contributed by atoms with Crippen molar-refractivity contribution in [2.45, 2.75) is 50.4 Å². The zero-order chi connectivity index (χ0) is 22.0. The molecule has 2 amide bonds. The Kier molecular flexibility index (Phi) is 9.55. The minimum atomic E-state index is -1.25. The summed E-state index contributed by atoms with van der Waals surface area (Å²) in [6.45, 7) is 1.55. The summed E-state index contributed by atoms with van der Waals surface area (Å²) in [5, 5.41) is 23.7. The van der Waals surface area contributed by atoms with Crippen LogP contribution in [0.25, 0.3) is 0 Å². The molecule has 0 fully saturated rings. The van der Waals surface area contributed by atoms with E-state index in [0.717, 1.165) is 0 Å². The molecule has 1 heterocycles. The quantitative estimate of drug-likeness (QED) is 0.0976. The van der Waals surface area contributed by atoms with E-state index in [1.54, 1.807) is 0 Å². The Morgan fingerprint density at radius 2 is 1.90 bits per heavy atom. The summed E-state index contributed by atoms with van der Waals surface area (Å²) in [6, 6.07) is -3.58. The van der Waals surface area contributed by atoms with Crippen molar-refractivity contribution in [1.82, 2.24) is 20.6 Å². The zero-order valence-corrected chi connectivity index (χ0v) is 16.0. The molecule has 29 heavy (non-hydrogen) atoms. The summed E-state index contributed by atoms with van der Waals surface area (Å²) in [4.78, 5) is 46.6. The van der Waals surface area contributed by atoms with Crippen molar-refractivity contribution in [2.75, 3.05) is 6.54 Å². The highest BCUT2D eigenvalue weighted by atomic mass is 16.4. The van der Waals surface area contributed by atoms with Gasteiger partial charge in [-0.05, 0) is 19.8 Å². The van der Waals surface area contributed by atoms with Crippen molar-refractivity contribution in [1.29, 1.82) is 0 Å². The molecule has 1 aromatic rings. The number of rotatable bonds is 12. The Morgan fingerprint density at radius 3 is 2.41 bits per heavy atom. The van der Waals surface area contributed by atoms with Gasteiger partial charge in [-0.25, -0.2) is 9.78 Å². The van der Waals surface area contributed by atoms with Crippen molar-refractivity contribution in [2.24, 2.45) is 22.2 Å². The number of hydrogen-bond donors (Lipinski definition) is 8. The average molecular weight is 412 g/mol. The van der Waals surface area contributed by atoms with E-state index < -0.39 is 42.0 Å². The molecule has 1 rings (SSSR count). The topological polar surface area (TPSA) is 235 Å². The minimum absolute atomic E-state index is 0.0249. The minimum Gasteiger partial charge on any atom is -0.480 e. The number of aliphatic hydroxyl groups is 1. The third-order valence-electron chi connectivity index (χ3n) is 3.99. The maximum atomic E-state index is 12.6. The highest BCUT2D eigenvalue weighted by Gasteiger charge is 2.29. The van der Waals surface area contributed by atoms with Crippen LogP contribution in [-0.2, 0) is 20.8 Å². The number of guanidine groups is 1. The number of amides is 2. The molecule has 4 atom stereocenters. The summed E-state index contributed by atoms with van der Waals surface area (Å²) >= 11 is 0. The van der Waals surface area contributed by atoms with Gasteiger partial charge in [-0.2, -0.15) is 0 Å². The van der Waals surface area contributed by atoms with E-state index in [4.69, 9.17) is 17.2 Å². The number of carboxylic acid groups (broad SMARTS) is 1. The van der Waals surface area contributed by atoms with Crippen LogP contribution in [0.2, 0.25) is 0 Å². The smallest absolute Gasteiger partial charge is 0.326 e. The fourth-order valence-electron chi connectivity index (χ4n) is 2.35. The first-order valence-electron chi connectivity index (χ1n) is 8.91. The summed E-state index contributed by atoms with van der Waals surface area (Å²) in [6.07, 6.45) is 2.13. The van der Waals surface area contributed by atoms with Crippen LogP contribution < -0.4 is 27.8 Å². The maximum absolute atomic E-state index is 12.6. The zero-order valence-electron chi connectivity index (χ0n) is 16.0. The highest BCUT2D eigenvalue weighted by Crippen LogP contribution is 2.04. The molecule has 0 unspecified atom stereocenters. The standard InChI is InChI=1S/C16H28N8O5/c1-8(25)12(17)14(27)23-10(3-2-4-21-16(18)19)13(26)24-11(15(28)29)5-9-6-20-7-22-9/h6-8,10-12,25H,2-5,17H2,1H3,(H,20,22)(H,23,27)(H,24,26)(H,28,29)(H4,18,19,21)/t8-,10+,11+,12+/m1/s1. The first-order chi connectivity index (χ1) is 13.6. The summed E-state index contributed by atoms with van der Waals surface area (Å²) in [5.41, 5.74) is 16.6. The SMILES string of the molecule is C[C@@H](O)[C@H](N)C(=O)N[C@@H](CCCN=C(N)N)C(=O)N[C@@H](Cc1cnc[nH]1)C(=O)O. The molecule has 0 spiro atoms. The molecule has 0 aromatic carbocycles. The molecule has 13 heteroatoms. The van der Waals surface area contributed by atoms with Gasteiger partial charge in [0.15, 0.2) is 5.96 Å². The number of H-pyrrole nitrogens is 1. The van der Waals surface area contributed by atoms with Gasteiger partial charge in [0.05, 0.1) is 12.4 Å². The summed E-state index contributed by atoms with van der Waals surface area (Å²) < 4.78 is 0. The second kappa shape index (κ2) is 11.6. The number of imidazole rings is 1. The number of aliphatic carboxylic acids is 1. The fourth-order valence-corrected chi connectivity index (χ4v) is 2.35. The van der Waals surface area contributed by atoms with Gasteiger partial charge in [0.25, 0.3) is 0 Å². The molecular weight excluding hydrogens is 384 g/mol. The molecule has 162 valence electrons. The maximum Gasteiger partial charge on any atom is 0.326 e. The van der Waals surface area contributed by atoms with Crippen LogP contribution in [-0.4, -0.2) is 74.7 Å². The third kappa shape index (κ3) is 8.57. The number of nitrogens with two attached hydrogens (primary N) is 3. The van der Waals surface area contributed by atoms with E-state index in [2.05, 4.69) is 25.6 Å². The summed E-state index contributed by atoms with van der Waals surface area (Å²) in [7, 11) is 0. The van der Waals surface area contributed by atoms with Crippen LogP contribution in [0.1, 0.15) is 25.5 Å². The lowest BCUT2D eigenvalue weighted by molar-refractivity contribution is -0.142. The van der Waals surface area contributed by atoms with E-state index >= 15 is 0 Å². The van der Waals surface area contributed by atoms with Gasteiger partial charge in [-0.1, -0.05) is 0 Å².